The number of amides is 2. The molecule has 6 nitrogen and oxygen atoms in total. The van der Waals surface area contributed by atoms with Gasteiger partial charge in [-0.25, -0.2) is 4.39 Å². The fraction of sp³-hybridized carbons (Fsp3) is 0.611. The summed E-state index contributed by atoms with van der Waals surface area (Å²) in [5.41, 5.74) is 3.22. The van der Waals surface area contributed by atoms with E-state index in [4.69, 9.17) is 27.6 Å². The predicted octanol–water partition coefficient (Wildman–Crippen LogP) is 8.11. The number of nitrogens with zero attached hydrogens (tertiary/aromatic N) is 3. The van der Waals surface area contributed by atoms with Gasteiger partial charge in [-0.05, 0) is 97.6 Å². The number of benzene rings is 2. The number of alkyl halides is 1. The van der Waals surface area contributed by atoms with Crippen LogP contribution in [0.15, 0.2) is 36.4 Å². The van der Waals surface area contributed by atoms with Crippen molar-refractivity contribution < 1.29 is 18.4 Å². The van der Waals surface area contributed by atoms with E-state index < -0.39 is 8.32 Å². The molecule has 2 saturated heterocycles. The maximum absolute atomic E-state index is 13.6. The lowest BCUT2D eigenvalue weighted by Gasteiger charge is -2.42. The summed E-state index contributed by atoms with van der Waals surface area (Å²) in [6.07, 6.45) is 5.66. The van der Waals surface area contributed by atoms with Gasteiger partial charge >= 0.3 is 0 Å². The van der Waals surface area contributed by atoms with Gasteiger partial charge in [0.05, 0.1) is 0 Å². The highest BCUT2D eigenvalue weighted by Gasteiger charge is 2.42. The molecule has 0 unspecified atom stereocenters. The van der Waals surface area contributed by atoms with Crippen molar-refractivity contribution in [3.05, 3.63) is 57.6 Å². The van der Waals surface area contributed by atoms with Crippen LogP contribution in [0.25, 0.3) is 11.1 Å². The van der Waals surface area contributed by atoms with Crippen molar-refractivity contribution in [2.24, 2.45) is 5.92 Å². The lowest BCUT2D eigenvalue weighted by Crippen LogP contribution is -2.49. The van der Waals surface area contributed by atoms with E-state index in [9.17, 15) is 14.0 Å². The molecule has 0 bridgehead atoms. The molecule has 0 radical (unpaired) electrons. The molecule has 3 aliphatic rings. The Labute approximate surface area is 285 Å². The number of hydrogen-bond donors (Lipinski definition) is 0. The molecule has 0 N–H and O–H groups in total. The summed E-state index contributed by atoms with van der Waals surface area (Å²) in [6, 6.07) is 11.6. The standard InChI is InChI=1S/C36H50Cl2FN3O3Si/c1-36(2,3)46(4,5)45-30-12-10-29(11-13-30)42-16-14-27(35(42)44)22-31-32(37)23-28(24-33(31)38)25-6-8-26(9-7-25)34(43)41-20-18-40(17-15-39)19-21-41/h6-9,23-24,27,29-30H,10-22H2,1-5H3/t27-,29-,30-/m0/s1. The van der Waals surface area contributed by atoms with Gasteiger partial charge < -0.3 is 14.2 Å². The van der Waals surface area contributed by atoms with Crippen LogP contribution < -0.4 is 0 Å². The molecule has 252 valence electrons. The maximum atomic E-state index is 13.6. The van der Waals surface area contributed by atoms with Gasteiger partial charge in [0.15, 0.2) is 8.32 Å². The Kier molecular flexibility index (Phi) is 11.3. The van der Waals surface area contributed by atoms with Crippen LogP contribution in [0, 0.1) is 5.92 Å². The molecule has 2 aliphatic heterocycles. The van der Waals surface area contributed by atoms with Crippen molar-refractivity contribution in [1.82, 2.24) is 14.7 Å². The first-order valence-electron chi connectivity index (χ1n) is 16.9. The largest absolute Gasteiger partial charge is 0.414 e. The summed E-state index contributed by atoms with van der Waals surface area (Å²) < 4.78 is 19.3. The SMILES string of the molecule is CC(C)(C)[Si](C)(C)O[C@H]1CC[C@H](N2CC[C@@H](Cc3c(Cl)cc(-c4ccc(C(=O)N5CCN(CCF)CC5)cc4)cc3Cl)C2=O)CC1. The van der Waals surface area contributed by atoms with E-state index >= 15 is 0 Å². The number of piperazine rings is 1. The highest BCUT2D eigenvalue weighted by atomic mass is 35.5. The third kappa shape index (κ3) is 8.00. The first-order chi connectivity index (χ1) is 21.8. The second kappa shape index (κ2) is 14.6. The zero-order valence-electron chi connectivity index (χ0n) is 28.1. The van der Waals surface area contributed by atoms with Crippen LogP contribution in [0.2, 0.25) is 28.2 Å². The third-order valence-electron chi connectivity index (χ3n) is 10.8. The highest BCUT2D eigenvalue weighted by Crippen LogP contribution is 2.41. The Bertz CT molecular complexity index is 1360. The van der Waals surface area contributed by atoms with E-state index in [0.29, 0.717) is 60.9 Å². The number of rotatable bonds is 9. The van der Waals surface area contributed by atoms with E-state index in [1.54, 1.807) is 0 Å². The number of halogens is 3. The Morgan fingerprint density at radius 2 is 1.52 bits per heavy atom. The summed E-state index contributed by atoms with van der Waals surface area (Å²) >= 11 is 13.6. The first kappa shape index (κ1) is 35.3. The second-order valence-corrected chi connectivity index (χ2v) is 20.4. The maximum Gasteiger partial charge on any atom is 0.253 e. The monoisotopic (exact) mass is 689 g/mol. The molecule has 46 heavy (non-hydrogen) atoms. The molecule has 10 heteroatoms. The van der Waals surface area contributed by atoms with Gasteiger partial charge in [-0.2, -0.15) is 0 Å². The molecule has 2 aromatic rings. The predicted molar refractivity (Wildman–Crippen MR) is 188 cm³/mol. The molecule has 2 amide bonds. The van der Waals surface area contributed by atoms with Crippen LogP contribution in [0.5, 0.6) is 0 Å². The summed E-state index contributed by atoms with van der Waals surface area (Å²) in [4.78, 5) is 32.6. The lowest BCUT2D eigenvalue weighted by atomic mass is 9.92. The van der Waals surface area contributed by atoms with E-state index in [1.807, 2.05) is 46.2 Å². The van der Waals surface area contributed by atoms with E-state index in [2.05, 4.69) is 38.8 Å². The van der Waals surface area contributed by atoms with Gasteiger partial charge in [-0.3, -0.25) is 14.5 Å². The molecule has 1 atom stereocenters. The molecule has 3 fully saturated rings. The van der Waals surface area contributed by atoms with Gasteiger partial charge in [0.2, 0.25) is 5.91 Å². The Hall–Kier alpha value is -1.97. The number of carbonyl (C=O) groups excluding carboxylic acids is 2. The van der Waals surface area contributed by atoms with E-state index in [0.717, 1.165) is 55.3 Å². The molecule has 1 saturated carbocycles. The van der Waals surface area contributed by atoms with Crippen molar-refractivity contribution in [1.29, 1.82) is 0 Å². The minimum atomic E-state index is -1.80. The third-order valence-corrected chi connectivity index (χ3v) is 16.0. The van der Waals surface area contributed by atoms with Crippen LogP contribution >= 0.6 is 23.2 Å². The topological polar surface area (TPSA) is 53.1 Å². The Morgan fingerprint density at radius 3 is 2.09 bits per heavy atom. The van der Waals surface area contributed by atoms with Gasteiger partial charge in [0, 0.05) is 72.9 Å². The van der Waals surface area contributed by atoms with Gasteiger partial charge in [-0.15, -0.1) is 0 Å². The number of hydrogen-bond acceptors (Lipinski definition) is 4. The lowest BCUT2D eigenvalue weighted by molar-refractivity contribution is -0.133. The fourth-order valence-electron chi connectivity index (χ4n) is 6.88. The molecule has 1 aliphatic carbocycles. The smallest absolute Gasteiger partial charge is 0.253 e. The summed E-state index contributed by atoms with van der Waals surface area (Å²) in [5, 5.41) is 1.32. The quantitative estimate of drug-likeness (QED) is 0.250. The zero-order chi connectivity index (χ0) is 33.2. The number of likely N-dealkylation sites (tertiary alicyclic amines) is 1. The number of carbonyl (C=O) groups is 2. The summed E-state index contributed by atoms with van der Waals surface area (Å²) in [6.45, 7) is 14.9. The molecule has 5 rings (SSSR count). The van der Waals surface area contributed by atoms with Crippen LogP contribution in [0.4, 0.5) is 4.39 Å². The van der Waals surface area contributed by atoms with Crippen LogP contribution in [-0.2, 0) is 15.6 Å². The van der Waals surface area contributed by atoms with E-state index in [-0.39, 0.29) is 35.5 Å². The van der Waals surface area contributed by atoms with Crippen molar-refractivity contribution in [2.75, 3.05) is 45.9 Å². The van der Waals surface area contributed by atoms with Crippen molar-refractivity contribution in [3.63, 3.8) is 0 Å². The van der Waals surface area contributed by atoms with Crippen molar-refractivity contribution in [3.8, 4) is 11.1 Å². The van der Waals surface area contributed by atoms with Crippen LogP contribution in [-0.4, -0.2) is 92.9 Å². The molecular weight excluding hydrogens is 640 g/mol. The average Bonchev–Trinajstić information content (AvgIpc) is 3.38. The Balaban J connectivity index is 1.16. The molecule has 0 aromatic heterocycles. The first-order valence-corrected chi connectivity index (χ1v) is 20.6. The minimum absolute atomic E-state index is 0.0133. The van der Waals surface area contributed by atoms with Crippen molar-refractivity contribution in [2.45, 2.75) is 89.6 Å². The highest BCUT2D eigenvalue weighted by molar-refractivity contribution is 6.74. The van der Waals surface area contributed by atoms with Gasteiger partial charge in [-0.1, -0.05) is 56.1 Å². The summed E-state index contributed by atoms with van der Waals surface area (Å²) in [7, 11) is -1.80. The zero-order valence-corrected chi connectivity index (χ0v) is 30.6. The van der Waals surface area contributed by atoms with Gasteiger partial charge in [0.25, 0.3) is 5.91 Å². The van der Waals surface area contributed by atoms with Crippen LogP contribution in [0.1, 0.15) is 68.8 Å². The van der Waals surface area contributed by atoms with Crippen LogP contribution in [0.3, 0.4) is 0 Å². The molecular formula is C36H50Cl2FN3O3Si. The molecule has 2 heterocycles. The minimum Gasteiger partial charge on any atom is -0.414 e. The average molecular weight is 691 g/mol. The summed E-state index contributed by atoms with van der Waals surface area (Å²) in [5.74, 6) is 0.0842. The fourth-order valence-corrected chi connectivity index (χ4v) is 8.94. The van der Waals surface area contributed by atoms with E-state index in [1.165, 1.54) is 0 Å². The second-order valence-electron chi connectivity index (χ2n) is 14.8. The van der Waals surface area contributed by atoms with Crippen molar-refractivity contribution >= 4 is 43.3 Å². The molecule has 2 aromatic carbocycles. The Morgan fingerprint density at radius 1 is 0.913 bits per heavy atom. The normalized spacial score (nSPS) is 23.3. The van der Waals surface area contributed by atoms with Gasteiger partial charge in [0.1, 0.15) is 6.67 Å². The molecule has 0 spiro atoms.